The van der Waals surface area contributed by atoms with Crippen molar-refractivity contribution >= 4 is 17.6 Å². The molecule has 1 N–H and O–H groups in total. The van der Waals surface area contributed by atoms with E-state index in [9.17, 15) is 18.8 Å². The van der Waals surface area contributed by atoms with E-state index in [-0.39, 0.29) is 17.3 Å². The van der Waals surface area contributed by atoms with Crippen molar-refractivity contribution in [2.75, 3.05) is 33.4 Å². The van der Waals surface area contributed by atoms with Gasteiger partial charge in [0.05, 0.1) is 20.3 Å². The first-order valence-corrected chi connectivity index (χ1v) is 12.5. The molecule has 3 atom stereocenters. The van der Waals surface area contributed by atoms with Crippen molar-refractivity contribution in [1.82, 2.24) is 10.2 Å². The first kappa shape index (κ1) is 25.8. The largest absolute Gasteiger partial charge is 0.497 e. The van der Waals surface area contributed by atoms with Crippen LogP contribution >= 0.6 is 0 Å². The predicted octanol–water partition coefficient (Wildman–Crippen LogP) is 3.72. The van der Waals surface area contributed by atoms with E-state index in [1.807, 2.05) is 12.1 Å². The normalized spacial score (nSPS) is 19.9. The number of benzene rings is 2. The van der Waals surface area contributed by atoms with Crippen LogP contribution in [0.25, 0.3) is 0 Å². The van der Waals surface area contributed by atoms with Crippen LogP contribution in [-0.4, -0.2) is 62.0 Å². The Morgan fingerprint density at radius 2 is 1.78 bits per heavy atom. The quantitative estimate of drug-likeness (QED) is 0.513. The third-order valence-electron chi connectivity index (χ3n) is 6.94. The second-order valence-corrected chi connectivity index (χ2v) is 9.48. The second kappa shape index (κ2) is 12.1. The van der Waals surface area contributed by atoms with E-state index in [1.165, 1.54) is 29.8 Å². The van der Waals surface area contributed by atoms with Crippen LogP contribution < -0.4 is 10.1 Å². The van der Waals surface area contributed by atoms with Crippen molar-refractivity contribution in [3.63, 3.8) is 0 Å². The van der Waals surface area contributed by atoms with Gasteiger partial charge in [-0.25, -0.2) is 4.39 Å². The van der Waals surface area contributed by atoms with Gasteiger partial charge in [-0.3, -0.25) is 14.4 Å². The molecule has 2 aromatic carbocycles. The molecule has 1 aliphatic heterocycles. The standard InChI is InChI=1S/C28H33FN2O5/c1-35-24-11-7-19(8-12-24)25-18-21(25)17-23(32)3-2-4-26(28(34)31-13-15-36-16-14-31)30-27(33)20-5-9-22(29)10-6-20/h5-12,21,25-26H,2-4,13-18H2,1H3,(H,30,33)/t21-,25+,26+/m1/s1. The number of hydrogen-bond acceptors (Lipinski definition) is 5. The number of ether oxygens (including phenoxy) is 2. The Hall–Kier alpha value is -3.26. The lowest BCUT2D eigenvalue weighted by Gasteiger charge is -2.30. The van der Waals surface area contributed by atoms with Gasteiger partial charge in [0, 0.05) is 31.5 Å². The zero-order chi connectivity index (χ0) is 25.5. The summed E-state index contributed by atoms with van der Waals surface area (Å²) in [7, 11) is 1.64. The maximum absolute atomic E-state index is 13.2. The average Bonchev–Trinajstić information content (AvgIpc) is 3.67. The number of hydrogen-bond donors (Lipinski definition) is 1. The van der Waals surface area contributed by atoms with Gasteiger partial charge in [0.15, 0.2) is 0 Å². The van der Waals surface area contributed by atoms with Gasteiger partial charge in [0.2, 0.25) is 5.91 Å². The number of Topliss-reactive ketones (excluding diaryl/α,β-unsaturated/α-hetero) is 1. The van der Waals surface area contributed by atoms with Crippen molar-refractivity contribution < 1.29 is 28.2 Å². The summed E-state index contributed by atoms with van der Waals surface area (Å²) in [5.41, 5.74) is 1.51. The molecule has 0 aromatic heterocycles. The Bertz CT molecular complexity index is 1050. The van der Waals surface area contributed by atoms with Crippen molar-refractivity contribution in [2.24, 2.45) is 5.92 Å². The van der Waals surface area contributed by atoms with E-state index in [1.54, 1.807) is 12.0 Å². The average molecular weight is 497 g/mol. The van der Waals surface area contributed by atoms with Crippen LogP contribution in [-0.2, 0) is 14.3 Å². The Balaban J connectivity index is 1.28. The molecular weight excluding hydrogens is 463 g/mol. The Kier molecular flexibility index (Phi) is 8.70. The fourth-order valence-corrected chi connectivity index (χ4v) is 4.73. The van der Waals surface area contributed by atoms with Crippen LogP contribution in [0.5, 0.6) is 5.75 Å². The van der Waals surface area contributed by atoms with Crippen LogP contribution in [0, 0.1) is 11.7 Å². The number of ketones is 1. The van der Waals surface area contributed by atoms with Crippen LogP contribution in [0.4, 0.5) is 4.39 Å². The number of nitrogens with zero attached hydrogens (tertiary/aromatic N) is 1. The SMILES string of the molecule is COc1ccc([C@@H]2C[C@H]2CC(=O)CCC[C@H](NC(=O)c2ccc(F)cc2)C(=O)N2CCOCC2)cc1. The fraction of sp³-hybridized carbons (Fsp3) is 0.464. The van der Waals surface area contributed by atoms with Crippen LogP contribution in [0.1, 0.15) is 53.9 Å². The minimum absolute atomic E-state index is 0.178. The molecule has 2 aliphatic rings. The summed E-state index contributed by atoms with van der Waals surface area (Å²) in [6, 6.07) is 12.4. The molecule has 1 heterocycles. The number of morpholine rings is 1. The maximum atomic E-state index is 13.2. The molecule has 1 saturated carbocycles. The lowest BCUT2D eigenvalue weighted by Crippen LogP contribution is -2.51. The van der Waals surface area contributed by atoms with E-state index in [4.69, 9.17) is 9.47 Å². The summed E-state index contributed by atoms with van der Waals surface area (Å²) in [4.78, 5) is 40.2. The third kappa shape index (κ3) is 6.91. The van der Waals surface area contributed by atoms with Crippen molar-refractivity contribution in [3.8, 4) is 5.75 Å². The first-order valence-electron chi connectivity index (χ1n) is 12.5. The van der Waals surface area contributed by atoms with E-state index in [0.29, 0.717) is 63.8 Å². The first-order chi connectivity index (χ1) is 17.4. The van der Waals surface area contributed by atoms with Gasteiger partial charge in [-0.15, -0.1) is 0 Å². The highest BCUT2D eigenvalue weighted by Crippen LogP contribution is 2.50. The molecule has 4 rings (SSSR count). The molecule has 0 spiro atoms. The van der Waals surface area contributed by atoms with Gasteiger partial charge >= 0.3 is 0 Å². The summed E-state index contributed by atoms with van der Waals surface area (Å²) in [6.45, 7) is 1.85. The molecule has 8 heteroatoms. The van der Waals surface area contributed by atoms with Gasteiger partial charge in [-0.05, 0) is 73.1 Å². The second-order valence-electron chi connectivity index (χ2n) is 9.48. The highest BCUT2D eigenvalue weighted by molar-refractivity contribution is 5.97. The van der Waals surface area contributed by atoms with Gasteiger partial charge < -0.3 is 19.7 Å². The van der Waals surface area contributed by atoms with E-state index in [0.717, 1.165) is 12.2 Å². The minimum atomic E-state index is -0.749. The number of amides is 2. The molecule has 0 unspecified atom stereocenters. The van der Waals surface area contributed by atoms with Gasteiger partial charge in [0.1, 0.15) is 23.4 Å². The molecule has 1 aliphatic carbocycles. The zero-order valence-electron chi connectivity index (χ0n) is 20.6. The summed E-state index contributed by atoms with van der Waals surface area (Å²) in [5.74, 6) is 0.714. The van der Waals surface area contributed by atoms with E-state index in [2.05, 4.69) is 17.4 Å². The van der Waals surface area contributed by atoms with Crippen LogP contribution in [0.3, 0.4) is 0 Å². The molecule has 192 valence electrons. The number of carbonyl (C=O) groups excluding carboxylic acids is 3. The van der Waals surface area contributed by atoms with Crippen LogP contribution in [0.2, 0.25) is 0 Å². The van der Waals surface area contributed by atoms with E-state index >= 15 is 0 Å². The highest BCUT2D eigenvalue weighted by atomic mass is 19.1. The lowest BCUT2D eigenvalue weighted by atomic mass is 10.0. The summed E-state index contributed by atoms with van der Waals surface area (Å²) in [5, 5.41) is 2.80. The highest BCUT2D eigenvalue weighted by Gasteiger charge is 2.39. The molecule has 2 fully saturated rings. The van der Waals surface area contributed by atoms with Crippen LogP contribution in [0.15, 0.2) is 48.5 Å². The zero-order valence-corrected chi connectivity index (χ0v) is 20.6. The smallest absolute Gasteiger partial charge is 0.251 e. The Morgan fingerprint density at radius 1 is 1.08 bits per heavy atom. The number of carbonyl (C=O) groups is 3. The maximum Gasteiger partial charge on any atom is 0.251 e. The summed E-state index contributed by atoms with van der Waals surface area (Å²) in [6.07, 6.45) is 2.76. The molecule has 2 amide bonds. The fourth-order valence-electron chi connectivity index (χ4n) is 4.73. The predicted molar refractivity (Wildman–Crippen MR) is 132 cm³/mol. The van der Waals surface area contributed by atoms with Crippen molar-refractivity contribution in [1.29, 1.82) is 0 Å². The van der Waals surface area contributed by atoms with Crippen molar-refractivity contribution in [3.05, 3.63) is 65.5 Å². The minimum Gasteiger partial charge on any atom is -0.497 e. The Morgan fingerprint density at radius 3 is 2.44 bits per heavy atom. The number of rotatable bonds is 11. The molecule has 1 saturated heterocycles. The molecule has 0 bridgehead atoms. The molecule has 0 radical (unpaired) electrons. The number of nitrogens with one attached hydrogen (secondary N) is 1. The van der Waals surface area contributed by atoms with Gasteiger partial charge in [-0.2, -0.15) is 0 Å². The monoisotopic (exact) mass is 496 g/mol. The van der Waals surface area contributed by atoms with Gasteiger partial charge in [-0.1, -0.05) is 12.1 Å². The molecule has 36 heavy (non-hydrogen) atoms. The van der Waals surface area contributed by atoms with E-state index < -0.39 is 17.8 Å². The molecule has 7 nitrogen and oxygen atoms in total. The topological polar surface area (TPSA) is 84.9 Å². The van der Waals surface area contributed by atoms with Gasteiger partial charge in [0.25, 0.3) is 5.91 Å². The lowest BCUT2D eigenvalue weighted by molar-refractivity contribution is -0.137. The Labute approximate surface area is 211 Å². The summed E-state index contributed by atoms with van der Waals surface area (Å²) < 4.78 is 23.8. The number of methoxy groups -OCH3 is 1. The molecule has 2 aromatic rings. The number of halogens is 1. The summed E-state index contributed by atoms with van der Waals surface area (Å²) >= 11 is 0. The molecular formula is C28H33FN2O5. The third-order valence-corrected chi connectivity index (χ3v) is 6.94. The van der Waals surface area contributed by atoms with Crippen molar-refractivity contribution in [2.45, 2.75) is 44.1 Å².